The number of aromatic nitrogens is 1. The highest BCUT2D eigenvalue weighted by molar-refractivity contribution is 7.99. The number of nitrogens with two attached hydrogens (primary N) is 1. The molecule has 0 aliphatic carbocycles. The molecule has 0 atom stereocenters. The molecule has 0 fully saturated rings. The van der Waals surface area contributed by atoms with Crippen LogP contribution in [0.3, 0.4) is 0 Å². The molecule has 1 aromatic heterocycles. The van der Waals surface area contributed by atoms with Gasteiger partial charge in [-0.2, -0.15) is 0 Å². The number of hydrogen-bond donors (Lipinski definition) is 1. The van der Waals surface area contributed by atoms with Crippen molar-refractivity contribution in [1.29, 1.82) is 0 Å². The minimum absolute atomic E-state index is 0.261. The number of hydrogen-bond acceptors (Lipinski definition) is 5. The first-order valence-electron chi connectivity index (χ1n) is 4.11. The predicted molar refractivity (Wildman–Crippen MR) is 54.9 cm³/mol. The topological polar surface area (TPSA) is 65.2 Å². The standard InChI is InChI=1S/C9H12N2O2S/c1-13-8(12)6-14-9-7(5-10)3-2-4-11-9/h2-4H,5-6,10H2,1H3. The first-order valence-corrected chi connectivity index (χ1v) is 5.10. The van der Waals surface area contributed by atoms with Gasteiger partial charge in [0.25, 0.3) is 0 Å². The number of methoxy groups -OCH3 is 1. The van der Waals surface area contributed by atoms with Gasteiger partial charge in [-0.05, 0) is 11.6 Å². The number of carbonyl (C=O) groups excluding carboxylic acids is 1. The molecular formula is C9H12N2O2S. The fraction of sp³-hybridized carbons (Fsp3) is 0.333. The van der Waals surface area contributed by atoms with Crippen molar-refractivity contribution in [2.45, 2.75) is 11.6 Å². The van der Waals surface area contributed by atoms with E-state index in [4.69, 9.17) is 5.73 Å². The Bertz CT molecular complexity index is 317. The maximum Gasteiger partial charge on any atom is 0.316 e. The van der Waals surface area contributed by atoms with Crippen molar-refractivity contribution in [3.8, 4) is 0 Å². The summed E-state index contributed by atoms with van der Waals surface area (Å²) in [6, 6.07) is 3.72. The van der Waals surface area contributed by atoms with Gasteiger partial charge in [0.05, 0.1) is 12.9 Å². The maximum atomic E-state index is 10.9. The minimum atomic E-state index is -0.261. The number of nitrogens with zero attached hydrogens (tertiary/aromatic N) is 1. The van der Waals surface area contributed by atoms with Crippen LogP contribution in [0, 0.1) is 0 Å². The van der Waals surface area contributed by atoms with Crippen LogP contribution in [0.1, 0.15) is 5.56 Å². The lowest BCUT2D eigenvalue weighted by atomic mass is 10.3. The third-order valence-electron chi connectivity index (χ3n) is 1.62. The number of esters is 1. The molecule has 1 aromatic rings. The Labute approximate surface area is 86.8 Å². The van der Waals surface area contributed by atoms with Crippen LogP contribution < -0.4 is 5.73 Å². The molecule has 1 rings (SSSR count). The van der Waals surface area contributed by atoms with E-state index in [1.54, 1.807) is 6.20 Å². The second-order valence-corrected chi connectivity index (χ2v) is 3.50. The third-order valence-corrected chi connectivity index (χ3v) is 2.65. The Morgan fingerprint density at radius 3 is 3.14 bits per heavy atom. The molecule has 1 heterocycles. The average Bonchev–Trinajstić information content (AvgIpc) is 2.26. The van der Waals surface area contributed by atoms with Crippen molar-refractivity contribution < 1.29 is 9.53 Å². The fourth-order valence-electron chi connectivity index (χ4n) is 0.896. The molecule has 14 heavy (non-hydrogen) atoms. The molecule has 0 aliphatic rings. The summed E-state index contributed by atoms with van der Waals surface area (Å²) in [7, 11) is 1.37. The van der Waals surface area contributed by atoms with Crippen LogP contribution in [0.2, 0.25) is 0 Å². The van der Waals surface area contributed by atoms with Gasteiger partial charge in [0.1, 0.15) is 5.03 Å². The zero-order chi connectivity index (χ0) is 10.4. The first-order chi connectivity index (χ1) is 6.77. The monoisotopic (exact) mass is 212 g/mol. The number of pyridine rings is 1. The Morgan fingerprint density at radius 2 is 2.50 bits per heavy atom. The molecule has 0 saturated carbocycles. The van der Waals surface area contributed by atoms with Crippen LogP contribution in [-0.2, 0) is 16.1 Å². The second-order valence-electron chi connectivity index (χ2n) is 2.54. The van der Waals surface area contributed by atoms with E-state index in [9.17, 15) is 4.79 Å². The van der Waals surface area contributed by atoms with Gasteiger partial charge in [0.2, 0.25) is 0 Å². The largest absolute Gasteiger partial charge is 0.468 e. The van der Waals surface area contributed by atoms with Crippen molar-refractivity contribution in [1.82, 2.24) is 4.98 Å². The predicted octanol–water partition coefficient (Wildman–Crippen LogP) is 0.805. The number of rotatable bonds is 4. The third kappa shape index (κ3) is 3.01. The molecule has 2 N–H and O–H groups in total. The van der Waals surface area contributed by atoms with E-state index in [2.05, 4.69) is 9.72 Å². The maximum absolute atomic E-state index is 10.9. The molecule has 0 bridgehead atoms. The molecule has 0 aliphatic heterocycles. The molecule has 0 saturated heterocycles. The second kappa shape index (κ2) is 5.62. The van der Waals surface area contributed by atoms with Crippen LogP contribution in [0.5, 0.6) is 0 Å². The van der Waals surface area contributed by atoms with E-state index in [-0.39, 0.29) is 11.7 Å². The Morgan fingerprint density at radius 1 is 1.71 bits per heavy atom. The summed E-state index contributed by atoms with van der Waals surface area (Å²) < 4.78 is 4.53. The van der Waals surface area contributed by atoms with E-state index < -0.39 is 0 Å². The molecule has 0 spiro atoms. The Kier molecular flexibility index (Phi) is 4.42. The summed E-state index contributed by atoms with van der Waals surface area (Å²) in [6.45, 7) is 0.428. The van der Waals surface area contributed by atoms with Crippen molar-refractivity contribution >= 4 is 17.7 Å². The minimum Gasteiger partial charge on any atom is -0.468 e. The highest BCUT2D eigenvalue weighted by Gasteiger charge is 2.06. The van der Waals surface area contributed by atoms with Crippen molar-refractivity contribution in [2.24, 2.45) is 5.73 Å². The zero-order valence-corrected chi connectivity index (χ0v) is 8.71. The van der Waals surface area contributed by atoms with Crippen molar-refractivity contribution in [2.75, 3.05) is 12.9 Å². The molecule has 0 amide bonds. The van der Waals surface area contributed by atoms with E-state index in [1.807, 2.05) is 12.1 Å². The van der Waals surface area contributed by atoms with Gasteiger partial charge in [0.15, 0.2) is 0 Å². The number of ether oxygens (including phenoxy) is 1. The summed E-state index contributed by atoms with van der Waals surface area (Å²) in [5.74, 6) is 0.00387. The van der Waals surface area contributed by atoms with E-state index >= 15 is 0 Å². The summed E-state index contributed by atoms with van der Waals surface area (Å²) in [5.41, 5.74) is 6.47. The van der Waals surface area contributed by atoms with Gasteiger partial charge in [-0.15, -0.1) is 0 Å². The highest BCUT2D eigenvalue weighted by Crippen LogP contribution is 2.19. The lowest BCUT2D eigenvalue weighted by Crippen LogP contribution is -2.05. The van der Waals surface area contributed by atoms with Gasteiger partial charge in [-0.25, -0.2) is 4.98 Å². The molecular weight excluding hydrogens is 200 g/mol. The van der Waals surface area contributed by atoms with Gasteiger partial charge in [-0.3, -0.25) is 4.79 Å². The lowest BCUT2D eigenvalue weighted by Gasteiger charge is -2.04. The van der Waals surface area contributed by atoms with Crippen molar-refractivity contribution in [3.63, 3.8) is 0 Å². The fourth-order valence-corrected chi connectivity index (χ4v) is 1.74. The summed E-state index contributed by atoms with van der Waals surface area (Å²) in [4.78, 5) is 15.0. The summed E-state index contributed by atoms with van der Waals surface area (Å²) in [5, 5.41) is 0.792. The SMILES string of the molecule is COC(=O)CSc1ncccc1CN. The van der Waals surface area contributed by atoms with Crippen LogP contribution in [0.4, 0.5) is 0 Å². The van der Waals surface area contributed by atoms with Crippen molar-refractivity contribution in [3.05, 3.63) is 23.9 Å². The Balaban J connectivity index is 2.61. The molecule has 0 unspecified atom stereocenters. The smallest absolute Gasteiger partial charge is 0.316 e. The molecule has 5 heteroatoms. The first kappa shape index (κ1) is 11.0. The lowest BCUT2D eigenvalue weighted by molar-refractivity contribution is -0.137. The quantitative estimate of drug-likeness (QED) is 0.591. The van der Waals surface area contributed by atoms with Crippen LogP contribution >= 0.6 is 11.8 Å². The Hall–Kier alpha value is -1.07. The summed E-state index contributed by atoms with van der Waals surface area (Å²) >= 11 is 1.34. The van der Waals surface area contributed by atoms with E-state index in [0.717, 1.165) is 10.6 Å². The van der Waals surface area contributed by atoms with Crippen LogP contribution in [0.15, 0.2) is 23.4 Å². The number of thioether (sulfide) groups is 1. The van der Waals surface area contributed by atoms with E-state index in [0.29, 0.717) is 6.54 Å². The molecule has 0 radical (unpaired) electrons. The highest BCUT2D eigenvalue weighted by atomic mass is 32.2. The van der Waals surface area contributed by atoms with Gasteiger partial charge >= 0.3 is 5.97 Å². The summed E-state index contributed by atoms with van der Waals surface area (Å²) in [6.07, 6.45) is 1.68. The van der Waals surface area contributed by atoms with Crippen LogP contribution in [-0.4, -0.2) is 23.8 Å². The zero-order valence-electron chi connectivity index (χ0n) is 7.90. The number of carbonyl (C=O) groups is 1. The average molecular weight is 212 g/mol. The van der Waals surface area contributed by atoms with E-state index in [1.165, 1.54) is 18.9 Å². The van der Waals surface area contributed by atoms with Crippen LogP contribution in [0.25, 0.3) is 0 Å². The molecule has 76 valence electrons. The van der Waals surface area contributed by atoms with Gasteiger partial charge < -0.3 is 10.5 Å². The van der Waals surface area contributed by atoms with Gasteiger partial charge in [-0.1, -0.05) is 17.8 Å². The molecule has 0 aromatic carbocycles. The van der Waals surface area contributed by atoms with Gasteiger partial charge in [0, 0.05) is 12.7 Å². The normalized spacial score (nSPS) is 9.86. The molecule has 4 nitrogen and oxygen atoms in total.